The molecule has 0 radical (unpaired) electrons. The molecule has 0 amide bonds. The molecular formula is C10H8F4O. The lowest BCUT2D eigenvalue weighted by Crippen LogP contribution is -2.27. The first-order chi connectivity index (χ1) is 6.86. The van der Waals surface area contributed by atoms with Gasteiger partial charge in [0.15, 0.2) is 0 Å². The Kier molecular flexibility index (Phi) is 3.12. The van der Waals surface area contributed by atoms with Crippen LogP contribution in [0.5, 0.6) is 0 Å². The number of ketones is 1. The first-order valence-corrected chi connectivity index (χ1v) is 4.25. The van der Waals surface area contributed by atoms with Gasteiger partial charge in [0, 0.05) is 18.1 Å². The number of Topliss-reactive ketones (excluding diaryl/α,β-unsaturated/α-hetero) is 1. The van der Waals surface area contributed by atoms with Crippen molar-refractivity contribution in [2.45, 2.75) is 19.3 Å². The fraction of sp³-hybridized carbons (Fsp3) is 0.300. The number of halogens is 4. The smallest absolute Gasteiger partial charge is 0.287 e. The minimum Gasteiger partial charge on any atom is -0.287 e. The number of rotatable bonds is 3. The van der Waals surface area contributed by atoms with Gasteiger partial charge in [-0.1, -0.05) is 6.92 Å². The topological polar surface area (TPSA) is 17.1 Å². The van der Waals surface area contributed by atoms with E-state index in [0.29, 0.717) is 18.2 Å². The van der Waals surface area contributed by atoms with Crippen molar-refractivity contribution in [1.82, 2.24) is 0 Å². The number of benzene rings is 1. The summed E-state index contributed by atoms with van der Waals surface area (Å²) in [5.74, 6) is -7.25. The van der Waals surface area contributed by atoms with Gasteiger partial charge in [-0.3, -0.25) is 4.79 Å². The maximum absolute atomic E-state index is 12.9. The first kappa shape index (κ1) is 11.7. The normalized spacial score (nSPS) is 11.5. The van der Waals surface area contributed by atoms with Gasteiger partial charge in [0.1, 0.15) is 11.6 Å². The van der Waals surface area contributed by atoms with Crippen LogP contribution in [0.25, 0.3) is 0 Å². The highest BCUT2D eigenvalue weighted by Gasteiger charge is 2.37. The minimum atomic E-state index is -3.58. The molecule has 1 nitrogen and oxygen atoms in total. The summed E-state index contributed by atoms with van der Waals surface area (Å²) < 4.78 is 51.1. The Balaban J connectivity index is 3.12. The van der Waals surface area contributed by atoms with E-state index in [-0.39, 0.29) is 0 Å². The zero-order valence-corrected chi connectivity index (χ0v) is 7.86. The van der Waals surface area contributed by atoms with Gasteiger partial charge >= 0.3 is 5.92 Å². The lowest BCUT2D eigenvalue weighted by atomic mass is 10.0. The fourth-order valence-corrected chi connectivity index (χ4v) is 1.06. The van der Waals surface area contributed by atoms with Crippen molar-refractivity contribution in [2.75, 3.05) is 0 Å². The summed E-state index contributed by atoms with van der Waals surface area (Å²) >= 11 is 0. The Morgan fingerprint density at radius 2 is 1.67 bits per heavy atom. The van der Waals surface area contributed by atoms with Gasteiger partial charge in [-0.25, -0.2) is 8.78 Å². The Bertz CT molecular complexity index is 367. The molecular weight excluding hydrogens is 212 g/mol. The summed E-state index contributed by atoms with van der Waals surface area (Å²) in [5.41, 5.74) is -0.653. The molecule has 0 heterocycles. The molecule has 0 atom stereocenters. The predicted octanol–water partition coefficient (Wildman–Crippen LogP) is 3.19. The molecule has 0 aromatic heterocycles. The summed E-state index contributed by atoms with van der Waals surface area (Å²) in [6, 6.07) is 1.70. The van der Waals surface area contributed by atoms with Gasteiger partial charge in [-0.2, -0.15) is 8.78 Å². The van der Waals surface area contributed by atoms with Crippen molar-refractivity contribution in [3.8, 4) is 0 Å². The molecule has 1 aromatic rings. The van der Waals surface area contributed by atoms with E-state index in [0.717, 1.165) is 6.92 Å². The highest BCUT2D eigenvalue weighted by molar-refractivity contribution is 6.01. The summed E-state index contributed by atoms with van der Waals surface area (Å²) in [7, 11) is 0. The molecule has 0 aliphatic carbocycles. The third-order valence-electron chi connectivity index (χ3n) is 1.90. The molecule has 82 valence electrons. The SMILES string of the molecule is CCC(F)(F)C(=O)c1cc(F)cc(F)c1. The van der Waals surface area contributed by atoms with E-state index >= 15 is 0 Å². The van der Waals surface area contributed by atoms with Crippen LogP contribution in [0.15, 0.2) is 18.2 Å². The second-order valence-corrected chi connectivity index (χ2v) is 3.05. The molecule has 1 rings (SSSR count). The average molecular weight is 220 g/mol. The van der Waals surface area contributed by atoms with E-state index in [1.54, 1.807) is 0 Å². The Labute approximate surface area is 83.7 Å². The van der Waals surface area contributed by atoms with E-state index < -0.39 is 35.3 Å². The van der Waals surface area contributed by atoms with E-state index in [1.165, 1.54) is 0 Å². The number of hydrogen-bond acceptors (Lipinski definition) is 1. The van der Waals surface area contributed by atoms with Gasteiger partial charge in [0.25, 0.3) is 0 Å². The quantitative estimate of drug-likeness (QED) is 0.564. The first-order valence-electron chi connectivity index (χ1n) is 4.25. The molecule has 0 saturated heterocycles. The fourth-order valence-electron chi connectivity index (χ4n) is 1.06. The lowest BCUT2D eigenvalue weighted by molar-refractivity contribution is 0.00799. The highest BCUT2D eigenvalue weighted by atomic mass is 19.3. The third kappa shape index (κ3) is 2.55. The van der Waals surface area contributed by atoms with Crippen LogP contribution in [0.4, 0.5) is 17.6 Å². The number of alkyl halides is 2. The van der Waals surface area contributed by atoms with Crippen molar-refractivity contribution in [3.63, 3.8) is 0 Å². The number of carbonyl (C=O) groups is 1. The van der Waals surface area contributed by atoms with Crippen LogP contribution < -0.4 is 0 Å². The van der Waals surface area contributed by atoms with E-state index in [1.807, 2.05) is 0 Å². The van der Waals surface area contributed by atoms with Crippen molar-refractivity contribution in [3.05, 3.63) is 35.4 Å². The molecule has 0 unspecified atom stereocenters. The van der Waals surface area contributed by atoms with Crippen LogP contribution in [0, 0.1) is 11.6 Å². The maximum Gasteiger partial charge on any atom is 0.309 e. The van der Waals surface area contributed by atoms with Gasteiger partial charge in [0.05, 0.1) is 0 Å². The standard InChI is InChI=1S/C10H8F4O/c1-2-10(13,14)9(15)6-3-7(11)5-8(12)4-6/h3-5H,2H2,1H3. The predicted molar refractivity (Wildman–Crippen MR) is 45.9 cm³/mol. The van der Waals surface area contributed by atoms with Crippen LogP contribution in [-0.4, -0.2) is 11.7 Å². The molecule has 0 spiro atoms. The molecule has 0 N–H and O–H groups in total. The van der Waals surface area contributed by atoms with E-state index in [4.69, 9.17) is 0 Å². The van der Waals surface area contributed by atoms with Crippen LogP contribution in [0.2, 0.25) is 0 Å². The second-order valence-electron chi connectivity index (χ2n) is 3.05. The Morgan fingerprint density at radius 1 is 1.20 bits per heavy atom. The summed E-state index contributed by atoms with van der Waals surface area (Å²) in [5, 5.41) is 0. The number of carbonyl (C=O) groups excluding carboxylic acids is 1. The van der Waals surface area contributed by atoms with Crippen molar-refractivity contribution in [2.24, 2.45) is 0 Å². The molecule has 0 saturated carbocycles. The van der Waals surface area contributed by atoms with E-state index in [2.05, 4.69) is 0 Å². The Morgan fingerprint density at radius 3 is 2.07 bits per heavy atom. The lowest BCUT2D eigenvalue weighted by Gasteiger charge is -2.12. The summed E-state index contributed by atoms with van der Waals surface area (Å²) in [4.78, 5) is 11.1. The van der Waals surface area contributed by atoms with Crippen LogP contribution in [0.3, 0.4) is 0 Å². The van der Waals surface area contributed by atoms with Crippen molar-refractivity contribution in [1.29, 1.82) is 0 Å². The molecule has 5 heteroatoms. The molecule has 1 aromatic carbocycles. The van der Waals surface area contributed by atoms with Crippen LogP contribution in [0.1, 0.15) is 23.7 Å². The average Bonchev–Trinajstić information content (AvgIpc) is 2.15. The third-order valence-corrected chi connectivity index (χ3v) is 1.90. The van der Waals surface area contributed by atoms with Gasteiger partial charge in [-0.05, 0) is 12.1 Å². The van der Waals surface area contributed by atoms with Gasteiger partial charge in [-0.15, -0.1) is 0 Å². The highest BCUT2D eigenvalue weighted by Crippen LogP contribution is 2.24. The maximum atomic E-state index is 12.9. The van der Waals surface area contributed by atoms with E-state index in [9.17, 15) is 22.4 Å². The van der Waals surface area contributed by atoms with Crippen LogP contribution in [-0.2, 0) is 0 Å². The monoisotopic (exact) mass is 220 g/mol. The van der Waals surface area contributed by atoms with Gasteiger partial charge < -0.3 is 0 Å². The summed E-state index contributed by atoms with van der Waals surface area (Å²) in [6.07, 6.45) is -0.704. The molecule has 0 fully saturated rings. The van der Waals surface area contributed by atoms with Crippen molar-refractivity contribution >= 4 is 5.78 Å². The number of hydrogen-bond donors (Lipinski definition) is 0. The largest absolute Gasteiger partial charge is 0.309 e. The summed E-state index contributed by atoms with van der Waals surface area (Å²) in [6.45, 7) is 1.12. The molecule has 0 bridgehead atoms. The minimum absolute atomic E-state index is 0.515. The second kappa shape index (κ2) is 4.00. The molecule has 0 aliphatic heterocycles. The Hall–Kier alpha value is -1.39. The van der Waals surface area contributed by atoms with Gasteiger partial charge in [0.2, 0.25) is 5.78 Å². The van der Waals surface area contributed by atoms with Crippen molar-refractivity contribution < 1.29 is 22.4 Å². The zero-order valence-electron chi connectivity index (χ0n) is 7.86. The van der Waals surface area contributed by atoms with Crippen LogP contribution >= 0.6 is 0 Å². The molecule has 0 aliphatic rings. The molecule has 15 heavy (non-hydrogen) atoms. The zero-order chi connectivity index (χ0) is 11.6.